The fourth-order valence-electron chi connectivity index (χ4n) is 4.74. The molecule has 0 fully saturated rings. The van der Waals surface area contributed by atoms with Crippen LogP contribution in [0.5, 0.6) is 17.2 Å². The van der Waals surface area contributed by atoms with Crippen molar-refractivity contribution in [2.75, 3.05) is 20.8 Å². The van der Waals surface area contributed by atoms with Crippen LogP contribution in [0.4, 0.5) is 0 Å². The quantitative estimate of drug-likeness (QED) is 0.181. The van der Waals surface area contributed by atoms with Gasteiger partial charge in [0, 0.05) is 0 Å². The molecule has 1 aliphatic heterocycles. The van der Waals surface area contributed by atoms with Gasteiger partial charge in [-0.2, -0.15) is 0 Å². The predicted octanol–water partition coefficient (Wildman–Crippen LogP) is 5.00. The Balaban J connectivity index is 1.58. The molecule has 0 saturated carbocycles. The van der Waals surface area contributed by atoms with E-state index in [1.165, 1.54) is 11.3 Å². The Bertz CT molecular complexity index is 1830. The van der Waals surface area contributed by atoms with E-state index >= 15 is 0 Å². The van der Waals surface area contributed by atoms with Gasteiger partial charge in [-0.05, 0) is 83.5 Å². The summed E-state index contributed by atoms with van der Waals surface area (Å²) in [5.41, 5.74) is 3.15. The van der Waals surface area contributed by atoms with Crippen LogP contribution in [0.3, 0.4) is 0 Å². The first kappa shape index (κ1) is 29.6. The fraction of sp³-hybridized carbons (Fsp3) is 0.219. The molecule has 1 unspecified atom stereocenters. The number of rotatable bonds is 9. The third kappa shape index (κ3) is 6.00. The van der Waals surface area contributed by atoms with E-state index in [2.05, 4.69) is 27.6 Å². The number of nitrogens with zero attached hydrogens (tertiary/aromatic N) is 2. The number of hydrogen-bond donors (Lipinski definition) is 0. The molecule has 1 aromatic heterocycles. The summed E-state index contributed by atoms with van der Waals surface area (Å²) >= 11 is 3.48. The molecule has 42 heavy (non-hydrogen) atoms. The monoisotopic (exact) mass is 696 g/mol. The second-order valence-electron chi connectivity index (χ2n) is 9.38. The van der Waals surface area contributed by atoms with Gasteiger partial charge in [-0.1, -0.05) is 53.8 Å². The zero-order valence-electron chi connectivity index (χ0n) is 23.5. The molecule has 4 aromatic rings. The minimum Gasteiger partial charge on any atom is -0.497 e. The van der Waals surface area contributed by atoms with Gasteiger partial charge < -0.3 is 18.9 Å². The van der Waals surface area contributed by atoms with Crippen molar-refractivity contribution in [2.24, 2.45) is 4.99 Å². The van der Waals surface area contributed by atoms with Crippen LogP contribution in [0, 0.1) is 3.57 Å². The van der Waals surface area contributed by atoms with Crippen molar-refractivity contribution < 1.29 is 23.7 Å². The number of allylic oxidation sites excluding steroid dienone is 1. The van der Waals surface area contributed by atoms with Gasteiger partial charge in [0.05, 0.1) is 46.2 Å². The van der Waals surface area contributed by atoms with Gasteiger partial charge in [0.15, 0.2) is 16.3 Å². The highest BCUT2D eigenvalue weighted by atomic mass is 127. The number of methoxy groups -OCH3 is 2. The molecule has 0 spiro atoms. The lowest BCUT2D eigenvalue weighted by Crippen LogP contribution is -2.39. The van der Waals surface area contributed by atoms with Crippen LogP contribution in [0.15, 0.2) is 87.8 Å². The van der Waals surface area contributed by atoms with Crippen LogP contribution in [-0.4, -0.2) is 31.4 Å². The van der Waals surface area contributed by atoms with E-state index in [4.69, 9.17) is 18.9 Å². The Morgan fingerprint density at radius 1 is 1.07 bits per heavy atom. The van der Waals surface area contributed by atoms with E-state index < -0.39 is 12.0 Å². The first-order valence-corrected chi connectivity index (χ1v) is 15.1. The maximum atomic E-state index is 13.9. The molecule has 0 amide bonds. The molecule has 5 rings (SSSR count). The highest BCUT2D eigenvalue weighted by Crippen LogP contribution is 2.35. The molecule has 0 radical (unpaired) electrons. The van der Waals surface area contributed by atoms with E-state index in [9.17, 15) is 9.59 Å². The minimum atomic E-state index is -0.697. The van der Waals surface area contributed by atoms with E-state index in [1.807, 2.05) is 60.7 Å². The van der Waals surface area contributed by atoms with Crippen LogP contribution in [0.25, 0.3) is 6.08 Å². The summed E-state index contributed by atoms with van der Waals surface area (Å²) in [4.78, 5) is 32.2. The third-order valence-corrected chi connectivity index (χ3v) is 8.51. The van der Waals surface area contributed by atoms with E-state index in [-0.39, 0.29) is 12.2 Å². The number of thiazole rings is 1. The summed E-state index contributed by atoms with van der Waals surface area (Å²) in [6.07, 6.45) is 1.81. The molecule has 1 aliphatic rings. The molecule has 0 N–H and O–H groups in total. The number of carbonyl (C=O) groups is 1. The normalized spacial score (nSPS) is 14.7. The number of fused-ring (bicyclic) bond motifs is 1. The zero-order chi connectivity index (χ0) is 29.8. The van der Waals surface area contributed by atoms with Crippen molar-refractivity contribution >= 4 is 46.0 Å². The van der Waals surface area contributed by atoms with Crippen LogP contribution in [0.2, 0.25) is 0 Å². The zero-order valence-corrected chi connectivity index (χ0v) is 26.5. The smallest absolute Gasteiger partial charge is 0.338 e. The molecule has 8 nitrogen and oxygen atoms in total. The number of halogens is 1. The molecule has 10 heteroatoms. The molecule has 3 aromatic carbocycles. The topological polar surface area (TPSA) is 88.4 Å². The third-order valence-electron chi connectivity index (χ3n) is 6.72. The number of hydrogen-bond acceptors (Lipinski definition) is 8. The summed E-state index contributed by atoms with van der Waals surface area (Å²) in [6.45, 7) is 4.12. The first-order valence-electron chi connectivity index (χ1n) is 13.2. The predicted molar refractivity (Wildman–Crippen MR) is 170 cm³/mol. The van der Waals surface area contributed by atoms with E-state index in [0.29, 0.717) is 44.5 Å². The minimum absolute atomic E-state index is 0.209. The number of benzene rings is 3. The molecule has 216 valence electrons. The standard InChI is InChI=1S/C32H29IN2O6S/c1-5-40-31(37)27-19(2)34-32-35(28(27)22-11-13-23(38-3)14-12-22)30(36)26(42-32)17-21-15-24(33)29(25(16-21)39-4)41-18-20-9-7-6-8-10-20/h6-17,28H,5,18H2,1-4H3. The second-order valence-corrected chi connectivity index (χ2v) is 11.6. The Kier molecular flexibility index (Phi) is 9.12. The Hall–Kier alpha value is -3.90. The largest absolute Gasteiger partial charge is 0.497 e. The number of aromatic nitrogens is 1. The Labute approximate surface area is 260 Å². The highest BCUT2D eigenvalue weighted by molar-refractivity contribution is 14.1. The average Bonchev–Trinajstić information content (AvgIpc) is 3.30. The maximum Gasteiger partial charge on any atom is 0.338 e. The first-order chi connectivity index (χ1) is 20.3. The van der Waals surface area contributed by atoms with Gasteiger partial charge in [-0.25, -0.2) is 9.79 Å². The van der Waals surface area contributed by atoms with Gasteiger partial charge in [0.2, 0.25) is 0 Å². The van der Waals surface area contributed by atoms with Crippen LogP contribution in [-0.2, 0) is 16.1 Å². The van der Waals surface area contributed by atoms with Gasteiger partial charge in [-0.15, -0.1) is 0 Å². The second kappa shape index (κ2) is 13.0. The molecule has 0 bridgehead atoms. The lowest BCUT2D eigenvalue weighted by molar-refractivity contribution is -0.139. The Morgan fingerprint density at radius 3 is 2.48 bits per heavy atom. The molecule has 1 atom stereocenters. The summed E-state index contributed by atoms with van der Waals surface area (Å²) in [7, 11) is 3.18. The average molecular weight is 697 g/mol. The van der Waals surface area contributed by atoms with Crippen LogP contribution in [0.1, 0.15) is 36.6 Å². The molecular weight excluding hydrogens is 667 g/mol. The van der Waals surface area contributed by atoms with Gasteiger partial charge in [-0.3, -0.25) is 9.36 Å². The van der Waals surface area contributed by atoms with Crippen molar-refractivity contribution in [2.45, 2.75) is 26.5 Å². The van der Waals surface area contributed by atoms with Gasteiger partial charge in [0.1, 0.15) is 12.4 Å². The van der Waals surface area contributed by atoms with Crippen molar-refractivity contribution in [1.29, 1.82) is 0 Å². The van der Waals surface area contributed by atoms with Crippen molar-refractivity contribution in [3.8, 4) is 17.2 Å². The molecular formula is C32H29IN2O6S. The fourth-order valence-corrected chi connectivity index (χ4v) is 6.57. The van der Waals surface area contributed by atoms with Crippen molar-refractivity contribution in [1.82, 2.24) is 4.57 Å². The summed E-state index contributed by atoms with van der Waals surface area (Å²) in [5.74, 6) is 1.37. The molecule has 2 heterocycles. The maximum absolute atomic E-state index is 13.9. The summed E-state index contributed by atoms with van der Waals surface area (Å²) < 4.78 is 25.3. The number of ether oxygens (including phenoxy) is 4. The molecule has 0 saturated heterocycles. The summed E-state index contributed by atoms with van der Waals surface area (Å²) in [6, 6.07) is 20.3. The van der Waals surface area contributed by atoms with Crippen LogP contribution < -0.4 is 29.1 Å². The number of esters is 1. The lowest BCUT2D eigenvalue weighted by atomic mass is 9.96. The van der Waals surface area contributed by atoms with Crippen molar-refractivity contribution in [3.05, 3.63) is 118 Å². The van der Waals surface area contributed by atoms with E-state index in [0.717, 1.165) is 20.3 Å². The highest BCUT2D eigenvalue weighted by Gasteiger charge is 2.33. The van der Waals surface area contributed by atoms with E-state index in [1.54, 1.807) is 44.8 Å². The van der Waals surface area contributed by atoms with Gasteiger partial charge >= 0.3 is 5.97 Å². The SMILES string of the molecule is CCOC(=O)C1=C(C)N=c2sc(=Cc3cc(I)c(OCc4ccccc4)c(OC)c3)c(=O)n2C1c1ccc(OC)cc1. The van der Waals surface area contributed by atoms with Gasteiger partial charge in [0.25, 0.3) is 5.56 Å². The lowest BCUT2D eigenvalue weighted by Gasteiger charge is -2.24. The Morgan fingerprint density at radius 2 is 1.81 bits per heavy atom. The van der Waals surface area contributed by atoms with Crippen LogP contribution >= 0.6 is 33.9 Å². The summed E-state index contributed by atoms with van der Waals surface area (Å²) in [5, 5.41) is 0. The number of carbonyl (C=O) groups excluding carboxylic acids is 1. The molecule has 0 aliphatic carbocycles. The van der Waals surface area contributed by atoms with Crippen molar-refractivity contribution in [3.63, 3.8) is 0 Å².